The Kier molecular flexibility index (Phi) is 4.15. The Morgan fingerprint density at radius 3 is 2.47 bits per heavy atom. The van der Waals surface area contributed by atoms with Crippen molar-refractivity contribution in [2.45, 2.75) is 12.6 Å². The second-order valence-corrected chi connectivity index (χ2v) is 4.23. The zero-order valence-corrected chi connectivity index (χ0v) is 10.3. The third-order valence-corrected chi connectivity index (χ3v) is 2.80. The van der Waals surface area contributed by atoms with Gasteiger partial charge in [-0.2, -0.15) is 0 Å². The normalized spacial score (nSPS) is 12.0. The maximum Gasteiger partial charge on any atom is 0.325 e. The average Bonchev–Trinajstić information content (AvgIpc) is 2.40. The molecule has 0 aliphatic carbocycles. The van der Waals surface area contributed by atoms with E-state index in [0.29, 0.717) is 12.1 Å². The minimum absolute atomic E-state index is 0.172. The summed E-state index contributed by atoms with van der Waals surface area (Å²) in [6.07, 6.45) is 0. The van der Waals surface area contributed by atoms with E-state index in [9.17, 15) is 15.0 Å². The van der Waals surface area contributed by atoms with Crippen LogP contribution in [0.1, 0.15) is 17.2 Å². The van der Waals surface area contributed by atoms with Gasteiger partial charge in [-0.25, -0.2) is 0 Å². The number of aromatic hydroxyl groups is 1. The number of nitrogens with one attached hydrogen (secondary N) is 1. The molecule has 2 rings (SSSR count). The molecule has 0 amide bonds. The van der Waals surface area contributed by atoms with Gasteiger partial charge in [0.1, 0.15) is 11.8 Å². The van der Waals surface area contributed by atoms with Crippen molar-refractivity contribution in [3.63, 3.8) is 0 Å². The highest BCUT2D eigenvalue weighted by atomic mass is 16.4. The zero-order valence-electron chi connectivity index (χ0n) is 10.3. The van der Waals surface area contributed by atoms with Gasteiger partial charge in [0.05, 0.1) is 0 Å². The summed E-state index contributed by atoms with van der Waals surface area (Å²) in [6.45, 7) is 0.375. The summed E-state index contributed by atoms with van der Waals surface area (Å²) in [4.78, 5) is 11.3. The predicted octanol–water partition coefficient (Wildman–Crippen LogP) is 2.31. The Morgan fingerprint density at radius 2 is 1.84 bits per heavy atom. The molecule has 0 spiro atoms. The van der Waals surface area contributed by atoms with Crippen LogP contribution in [0.15, 0.2) is 54.6 Å². The van der Waals surface area contributed by atoms with E-state index in [1.807, 2.05) is 12.1 Å². The molecular weight excluding hydrogens is 242 g/mol. The van der Waals surface area contributed by atoms with Crippen LogP contribution < -0.4 is 5.32 Å². The lowest BCUT2D eigenvalue weighted by atomic mass is 10.1. The number of hydrogen-bond acceptors (Lipinski definition) is 3. The van der Waals surface area contributed by atoms with Crippen LogP contribution in [0.5, 0.6) is 5.75 Å². The van der Waals surface area contributed by atoms with Crippen molar-refractivity contribution < 1.29 is 15.0 Å². The zero-order chi connectivity index (χ0) is 13.7. The third kappa shape index (κ3) is 3.56. The number of carboxylic acids is 1. The van der Waals surface area contributed by atoms with E-state index in [1.165, 1.54) is 0 Å². The Bertz CT molecular complexity index is 554. The molecule has 0 fully saturated rings. The second kappa shape index (κ2) is 6.02. The summed E-state index contributed by atoms with van der Waals surface area (Å²) in [5, 5.41) is 21.6. The number of rotatable bonds is 5. The van der Waals surface area contributed by atoms with Gasteiger partial charge in [-0.15, -0.1) is 0 Å². The minimum atomic E-state index is -0.925. The molecule has 98 valence electrons. The van der Waals surface area contributed by atoms with E-state index in [-0.39, 0.29) is 5.75 Å². The molecule has 1 unspecified atom stereocenters. The molecule has 19 heavy (non-hydrogen) atoms. The highest BCUT2D eigenvalue weighted by Crippen LogP contribution is 2.15. The van der Waals surface area contributed by atoms with Crippen molar-refractivity contribution in [3.05, 3.63) is 65.7 Å². The highest BCUT2D eigenvalue weighted by molar-refractivity contribution is 5.75. The molecule has 2 aromatic rings. The van der Waals surface area contributed by atoms with Gasteiger partial charge in [-0.3, -0.25) is 10.1 Å². The Hall–Kier alpha value is -2.33. The van der Waals surface area contributed by atoms with Crippen LogP contribution in [-0.4, -0.2) is 16.2 Å². The fourth-order valence-electron chi connectivity index (χ4n) is 1.88. The molecular formula is C15H15NO3. The Balaban J connectivity index is 2.08. The fraction of sp³-hybridized carbons (Fsp3) is 0.133. The van der Waals surface area contributed by atoms with Crippen molar-refractivity contribution in [1.29, 1.82) is 0 Å². The minimum Gasteiger partial charge on any atom is -0.508 e. The van der Waals surface area contributed by atoms with E-state index in [4.69, 9.17) is 0 Å². The smallest absolute Gasteiger partial charge is 0.325 e. The Morgan fingerprint density at radius 1 is 1.11 bits per heavy atom. The molecule has 4 heteroatoms. The highest BCUT2D eigenvalue weighted by Gasteiger charge is 2.18. The lowest BCUT2D eigenvalue weighted by molar-refractivity contribution is -0.139. The number of phenols is 1. The average molecular weight is 257 g/mol. The molecule has 2 aromatic carbocycles. The van der Waals surface area contributed by atoms with Crippen LogP contribution in [0.25, 0.3) is 0 Å². The summed E-state index contributed by atoms with van der Waals surface area (Å²) in [6, 6.07) is 15.0. The first-order valence-corrected chi connectivity index (χ1v) is 5.96. The van der Waals surface area contributed by atoms with Gasteiger partial charge < -0.3 is 10.2 Å². The van der Waals surface area contributed by atoms with Gasteiger partial charge in [-0.1, -0.05) is 42.5 Å². The maximum absolute atomic E-state index is 11.3. The van der Waals surface area contributed by atoms with Gasteiger partial charge >= 0.3 is 5.97 Å². The molecule has 0 bridgehead atoms. The molecule has 0 aromatic heterocycles. The van der Waals surface area contributed by atoms with Gasteiger partial charge in [0, 0.05) is 6.54 Å². The summed E-state index contributed by atoms with van der Waals surface area (Å²) >= 11 is 0. The molecule has 0 saturated heterocycles. The number of hydrogen-bond donors (Lipinski definition) is 3. The molecule has 4 nitrogen and oxygen atoms in total. The van der Waals surface area contributed by atoms with Crippen LogP contribution in [0.4, 0.5) is 0 Å². The number of carboxylic acid groups (broad SMARTS) is 1. The first kappa shape index (κ1) is 13.1. The van der Waals surface area contributed by atoms with Crippen molar-refractivity contribution >= 4 is 5.97 Å². The van der Waals surface area contributed by atoms with Crippen LogP contribution in [0, 0.1) is 0 Å². The quantitative estimate of drug-likeness (QED) is 0.768. The summed E-state index contributed by atoms with van der Waals surface area (Å²) in [5.41, 5.74) is 1.54. The molecule has 0 aliphatic rings. The lowest BCUT2D eigenvalue weighted by Gasteiger charge is -2.14. The summed E-state index contributed by atoms with van der Waals surface area (Å²) < 4.78 is 0. The standard InChI is InChI=1S/C15H15NO3/c17-13-8-4-5-11(9-13)10-16-14(15(18)19)12-6-2-1-3-7-12/h1-9,14,16-17H,10H2,(H,18,19). The maximum atomic E-state index is 11.3. The van der Waals surface area contributed by atoms with Crippen LogP contribution >= 0.6 is 0 Å². The number of carbonyl (C=O) groups is 1. The molecule has 0 saturated carbocycles. The number of phenolic OH excluding ortho intramolecular Hbond substituents is 1. The van der Waals surface area contributed by atoms with Gasteiger partial charge in [0.2, 0.25) is 0 Å². The van der Waals surface area contributed by atoms with Crippen molar-refractivity contribution in [3.8, 4) is 5.75 Å². The van der Waals surface area contributed by atoms with Gasteiger partial charge in [0.25, 0.3) is 0 Å². The van der Waals surface area contributed by atoms with E-state index in [0.717, 1.165) is 5.56 Å². The third-order valence-electron chi connectivity index (χ3n) is 2.80. The first-order chi connectivity index (χ1) is 9.16. The van der Waals surface area contributed by atoms with E-state index in [2.05, 4.69) is 5.32 Å². The summed E-state index contributed by atoms with van der Waals surface area (Å²) in [7, 11) is 0. The van der Waals surface area contributed by atoms with E-state index in [1.54, 1.807) is 42.5 Å². The van der Waals surface area contributed by atoms with Gasteiger partial charge in [0.15, 0.2) is 0 Å². The van der Waals surface area contributed by atoms with E-state index < -0.39 is 12.0 Å². The van der Waals surface area contributed by atoms with Crippen LogP contribution in [0.2, 0.25) is 0 Å². The summed E-state index contributed by atoms with van der Waals surface area (Å²) in [5.74, 6) is -0.753. The van der Waals surface area contributed by atoms with Gasteiger partial charge in [-0.05, 0) is 23.3 Å². The fourth-order valence-corrected chi connectivity index (χ4v) is 1.88. The van der Waals surface area contributed by atoms with Crippen molar-refractivity contribution in [2.24, 2.45) is 0 Å². The Labute approximate surface area is 111 Å². The predicted molar refractivity (Wildman–Crippen MR) is 71.8 cm³/mol. The van der Waals surface area contributed by atoms with Crippen LogP contribution in [-0.2, 0) is 11.3 Å². The second-order valence-electron chi connectivity index (χ2n) is 4.23. The van der Waals surface area contributed by atoms with Crippen LogP contribution in [0.3, 0.4) is 0 Å². The van der Waals surface area contributed by atoms with Crippen molar-refractivity contribution in [1.82, 2.24) is 5.32 Å². The molecule has 0 heterocycles. The first-order valence-electron chi connectivity index (χ1n) is 5.96. The number of aliphatic carboxylic acids is 1. The monoisotopic (exact) mass is 257 g/mol. The van der Waals surface area contributed by atoms with Crippen molar-refractivity contribution in [2.75, 3.05) is 0 Å². The molecule has 0 aliphatic heterocycles. The number of benzene rings is 2. The molecule has 0 radical (unpaired) electrons. The lowest BCUT2D eigenvalue weighted by Crippen LogP contribution is -2.28. The topological polar surface area (TPSA) is 69.6 Å². The largest absolute Gasteiger partial charge is 0.508 e. The SMILES string of the molecule is O=C(O)C(NCc1cccc(O)c1)c1ccccc1. The van der Waals surface area contributed by atoms with E-state index >= 15 is 0 Å². The molecule has 1 atom stereocenters. The molecule has 3 N–H and O–H groups in total.